The van der Waals surface area contributed by atoms with E-state index in [4.69, 9.17) is 56.8 Å². The molecule has 6 N–H and O–H groups in total. The Bertz CT molecular complexity index is 5050. The molecule has 11 aromatic rings. The number of hydrogen-bond acceptors (Lipinski definition) is 18. The van der Waals surface area contributed by atoms with E-state index in [1.165, 1.54) is 48.5 Å². The molecule has 2 amide bonds. The van der Waals surface area contributed by atoms with Crippen molar-refractivity contribution < 1.29 is 106 Å². The first kappa shape index (κ1) is 88.1. The lowest BCUT2D eigenvalue weighted by molar-refractivity contribution is -0.127. The Morgan fingerprint density at radius 2 is 0.500 bits per heavy atom. The number of benzene rings is 11. The van der Waals surface area contributed by atoms with Crippen LogP contribution in [0.4, 0.5) is 0 Å². The van der Waals surface area contributed by atoms with Crippen molar-refractivity contribution in [3.63, 3.8) is 0 Å². The Balaban J connectivity index is 0.482. The van der Waals surface area contributed by atoms with Crippen LogP contribution in [0.25, 0.3) is 87.6 Å². The number of carboxylic acids is 4. The van der Waals surface area contributed by atoms with E-state index >= 15 is 0 Å². The molecule has 0 saturated carbocycles. The van der Waals surface area contributed by atoms with Gasteiger partial charge in [0.05, 0.1) is 141 Å². The number of carbonyl (C=O) groups excluding carboxylic acids is 2. The van der Waals surface area contributed by atoms with Crippen LogP contribution in [0, 0.1) is 47.4 Å². The zero-order valence-corrected chi connectivity index (χ0v) is 66.0. The van der Waals surface area contributed by atoms with Gasteiger partial charge in [-0.15, -0.1) is 0 Å². The minimum absolute atomic E-state index is 0.106. The molecule has 0 spiro atoms. The molecule has 0 aliphatic rings. The van der Waals surface area contributed by atoms with Crippen LogP contribution < -0.4 is 10.6 Å². The number of ether oxygens (including phenoxy) is 12. The molecular weight excluding hydrogens is 1530 g/mol. The summed E-state index contributed by atoms with van der Waals surface area (Å²) in [5, 5.41) is 51.9. The summed E-state index contributed by atoms with van der Waals surface area (Å²) in [6, 6.07) is 58.6. The van der Waals surface area contributed by atoms with Gasteiger partial charge in [0, 0.05) is 35.3 Å². The number of carboxylic acid groups (broad SMARTS) is 4. The van der Waals surface area contributed by atoms with Crippen molar-refractivity contribution in [2.45, 2.75) is 0 Å². The average molecular weight is 1620 g/mol. The summed E-state index contributed by atoms with van der Waals surface area (Å²) in [5.41, 5.74) is 10.2. The second kappa shape index (κ2) is 47.6. The monoisotopic (exact) mass is 1620 g/mol. The molecule has 0 radical (unpaired) electrons. The number of aromatic carboxylic acids is 4. The van der Waals surface area contributed by atoms with Crippen LogP contribution >= 0.6 is 0 Å². The molecule has 24 heteroatoms. The average Bonchev–Trinajstić information content (AvgIpc) is 0.715. The molecule has 0 aliphatic heterocycles. The zero-order chi connectivity index (χ0) is 83.9. The molecule has 616 valence electrons. The molecule has 0 heterocycles. The molecule has 11 rings (SSSR count). The highest BCUT2D eigenvalue weighted by atomic mass is 16.6. The SMILES string of the molecule is O=C(COCCOCC#Cc1cc(-c2ccc(C(=O)O)cc2)cc(-c2ccc(C(=O)O)cc2)c1)NCCOCCOCCOCCOCC#Cc1ccc2c3cccc4c(C#CCOCCOCCOCCOCCNC(=O)COCCOCC#Cc5cc(-c6ccc(C(=O)O)cc6)cc(-c6ccc(C(=O)O)cc6)c5)ccc(c5cccc1c52)c43. The third-order valence-electron chi connectivity index (χ3n) is 18.6. The molecule has 0 atom stereocenters. The topological polar surface area (TPSA) is 318 Å². The maximum Gasteiger partial charge on any atom is 0.335 e. The van der Waals surface area contributed by atoms with Gasteiger partial charge in [-0.25, -0.2) is 19.2 Å². The maximum absolute atomic E-state index is 12.3. The standard InChI is InChI=1S/C96H90N2O22/c99-89(65-119-57-55-109-37-3-7-67-59-79(69-15-23-75(24-16-69)93(101)102)63-80(60-67)70-17-25-76(26-18-70)94(103)104)97-35-41-113-45-49-117-53-51-115-47-43-111-39-5-9-73-31-34-88-86-14-2-12-84-74(32-33-87(92(84)86)85-13-1-11-83(73)91(85)88)10-6-40-112-44-48-116-52-54-118-50-46-114-42-36-98-90(100)66-120-58-56-110-38-4-8-68-61-81(71-19-27-77(28-20-71)95(105)106)64-82(62-68)72-21-29-78(30-22-72)96(107)108/h1-2,11-34,59-64H,35-58,65-66H2,(H,97,99)(H,98,100)(H,101,102)(H,103,104)(H,105,106)(H,107,108). The summed E-state index contributed by atoms with van der Waals surface area (Å²) < 4.78 is 67.4. The summed E-state index contributed by atoms with van der Waals surface area (Å²) in [6.45, 7) is 6.97. The van der Waals surface area contributed by atoms with E-state index in [0.29, 0.717) is 117 Å². The van der Waals surface area contributed by atoms with Crippen LogP contribution in [0.15, 0.2) is 194 Å². The molecule has 0 aliphatic carbocycles. The Kier molecular flexibility index (Phi) is 35.0. The van der Waals surface area contributed by atoms with Crippen LogP contribution in [0.2, 0.25) is 0 Å². The van der Waals surface area contributed by atoms with Crippen molar-refractivity contribution >= 4 is 78.8 Å². The number of carbonyl (C=O) groups is 6. The van der Waals surface area contributed by atoms with Gasteiger partial charge in [-0.2, -0.15) is 0 Å². The second-order valence-corrected chi connectivity index (χ2v) is 26.8. The first-order chi connectivity index (χ1) is 58.7. The minimum Gasteiger partial charge on any atom is -0.478 e. The molecular formula is C96H90N2O22. The quantitative estimate of drug-likeness (QED) is 0.00893. The molecule has 0 fully saturated rings. The van der Waals surface area contributed by atoms with E-state index in [-0.39, 0.29) is 100 Å². The fourth-order valence-electron chi connectivity index (χ4n) is 12.8. The number of nitrogens with one attached hydrogen (secondary N) is 2. The predicted molar refractivity (Wildman–Crippen MR) is 453 cm³/mol. The highest BCUT2D eigenvalue weighted by molar-refractivity contribution is 6.33. The Hall–Kier alpha value is -12.7. The third kappa shape index (κ3) is 27.2. The van der Waals surface area contributed by atoms with E-state index in [2.05, 4.69) is 119 Å². The summed E-state index contributed by atoms with van der Waals surface area (Å²) in [5.74, 6) is 20.6. The van der Waals surface area contributed by atoms with Crippen molar-refractivity contribution in [2.75, 3.05) is 172 Å². The van der Waals surface area contributed by atoms with Crippen molar-refractivity contribution in [3.05, 3.63) is 239 Å². The van der Waals surface area contributed by atoms with Crippen molar-refractivity contribution in [3.8, 4) is 91.9 Å². The molecule has 120 heavy (non-hydrogen) atoms. The van der Waals surface area contributed by atoms with Gasteiger partial charge < -0.3 is 87.9 Å². The van der Waals surface area contributed by atoms with Gasteiger partial charge in [-0.3, -0.25) is 9.59 Å². The summed E-state index contributed by atoms with van der Waals surface area (Å²) in [4.78, 5) is 70.2. The first-order valence-electron chi connectivity index (χ1n) is 38.9. The van der Waals surface area contributed by atoms with E-state index in [1.807, 2.05) is 36.4 Å². The maximum atomic E-state index is 12.3. The fraction of sp³-hybridized carbons (Fsp3) is 0.271. The van der Waals surface area contributed by atoms with Gasteiger partial charge in [0.2, 0.25) is 11.8 Å². The lowest BCUT2D eigenvalue weighted by Gasteiger charge is -2.15. The first-order valence-corrected chi connectivity index (χ1v) is 38.9. The number of hydrogen-bond donors (Lipinski definition) is 6. The lowest BCUT2D eigenvalue weighted by Crippen LogP contribution is -2.31. The third-order valence-corrected chi connectivity index (χ3v) is 18.6. The molecule has 0 unspecified atom stereocenters. The number of amides is 2. The normalized spacial score (nSPS) is 11.0. The highest BCUT2D eigenvalue weighted by Crippen LogP contribution is 2.42. The van der Waals surface area contributed by atoms with Gasteiger partial charge in [0.25, 0.3) is 0 Å². The lowest BCUT2D eigenvalue weighted by atomic mass is 9.87. The van der Waals surface area contributed by atoms with Crippen LogP contribution in [0.5, 0.6) is 0 Å². The summed E-state index contributed by atoms with van der Waals surface area (Å²) in [6.07, 6.45) is 0. The largest absolute Gasteiger partial charge is 0.478 e. The smallest absolute Gasteiger partial charge is 0.335 e. The molecule has 0 saturated heterocycles. The van der Waals surface area contributed by atoms with Crippen LogP contribution in [-0.2, 0) is 66.4 Å². The van der Waals surface area contributed by atoms with Gasteiger partial charge >= 0.3 is 23.9 Å². The Labute approximate surface area is 694 Å². The van der Waals surface area contributed by atoms with Gasteiger partial charge in [0.1, 0.15) is 39.6 Å². The Morgan fingerprint density at radius 1 is 0.250 bits per heavy atom. The molecule has 11 aromatic carbocycles. The molecule has 0 bridgehead atoms. The molecule has 24 nitrogen and oxygen atoms in total. The predicted octanol–water partition coefficient (Wildman–Crippen LogP) is 12.4. The van der Waals surface area contributed by atoms with E-state index in [1.54, 1.807) is 48.5 Å². The number of fused-ring (bicyclic) bond motifs is 2. The van der Waals surface area contributed by atoms with E-state index in [0.717, 1.165) is 98.7 Å². The van der Waals surface area contributed by atoms with Crippen LogP contribution in [0.1, 0.15) is 63.7 Å². The van der Waals surface area contributed by atoms with Crippen molar-refractivity contribution in [2.24, 2.45) is 0 Å². The molecule has 0 aromatic heterocycles. The fourth-order valence-corrected chi connectivity index (χ4v) is 12.8. The van der Waals surface area contributed by atoms with Gasteiger partial charge in [-0.1, -0.05) is 144 Å². The van der Waals surface area contributed by atoms with Gasteiger partial charge in [-0.05, 0) is 185 Å². The zero-order valence-electron chi connectivity index (χ0n) is 66.0. The second-order valence-electron chi connectivity index (χ2n) is 26.8. The van der Waals surface area contributed by atoms with Crippen LogP contribution in [-0.4, -0.2) is 228 Å². The minimum atomic E-state index is -1.02. The van der Waals surface area contributed by atoms with Crippen molar-refractivity contribution in [1.29, 1.82) is 0 Å². The number of rotatable bonds is 46. The van der Waals surface area contributed by atoms with Crippen LogP contribution in [0.3, 0.4) is 0 Å². The van der Waals surface area contributed by atoms with Gasteiger partial charge in [0.15, 0.2) is 0 Å². The Morgan fingerprint density at radius 3 is 0.792 bits per heavy atom. The van der Waals surface area contributed by atoms with Crippen molar-refractivity contribution in [1.82, 2.24) is 10.6 Å². The highest BCUT2D eigenvalue weighted by Gasteiger charge is 2.18. The summed E-state index contributed by atoms with van der Waals surface area (Å²) in [7, 11) is 0. The summed E-state index contributed by atoms with van der Waals surface area (Å²) >= 11 is 0. The van der Waals surface area contributed by atoms with E-state index < -0.39 is 23.9 Å². The van der Waals surface area contributed by atoms with E-state index in [9.17, 15) is 49.2 Å².